The summed E-state index contributed by atoms with van der Waals surface area (Å²) < 4.78 is 70.7. The normalized spacial score (nSPS) is 26.3. The van der Waals surface area contributed by atoms with E-state index >= 15 is 8.78 Å². The van der Waals surface area contributed by atoms with Gasteiger partial charge in [-0.15, -0.1) is 0 Å². The van der Waals surface area contributed by atoms with Gasteiger partial charge in [-0.2, -0.15) is 18.9 Å². The van der Waals surface area contributed by atoms with Crippen molar-refractivity contribution in [2.45, 2.75) is 43.7 Å². The topological polar surface area (TPSA) is 170 Å². The van der Waals surface area contributed by atoms with Crippen LogP contribution in [0.4, 0.5) is 14.6 Å². The third-order valence-corrected chi connectivity index (χ3v) is 6.94. The summed E-state index contributed by atoms with van der Waals surface area (Å²) in [6, 6.07) is 7.84. The number of aromatic nitrogens is 2. The average molecular weight is 544 g/mol. The Bertz CT molecular complexity index is 1260. The number of nitrogens with one attached hydrogen (secondary N) is 1. The van der Waals surface area contributed by atoms with Crippen LogP contribution in [0.15, 0.2) is 47.4 Å². The molecule has 0 aliphatic carbocycles. The molecule has 5 atom stereocenters. The van der Waals surface area contributed by atoms with Crippen LogP contribution in [0, 0.1) is 0 Å². The van der Waals surface area contributed by atoms with Gasteiger partial charge in [-0.3, -0.25) is 18.7 Å². The van der Waals surface area contributed by atoms with Gasteiger partial charge in [-0.1, -0.05) is 18.2 Å². The van der Waals surface area contributed by atoms with Gasteiger partial charge in [-0.25, -0.2) is 9.36 Å². The fourth-order valence-electron chi connectivity index (χ4n) is 3.72. The lowest BCUT2D eigenvalue weighted by Crippen LogP contribution is -2.44. The number of nitrogens with two attached hydrogens (primary N) is 1. The molecule has 37 heavy (non-hydrogen) atoms. The molecular weight excluding hydrogens is 521 g/mol. The van der Waals surface area contributed by atoms with Crippen LogP contribution >= 0.6 is 7.75 Å². The molecule has 0 spiro atoms. The van der Waals surface area contributed by atoms with Crippen molar-refractivity contribution in [3.05, 3.63) is 53.1 Å². The number of alkyl halides is 2. The Morgan fingerprint density at radius 1 is 1.30 bits per heavy atom. The molecule has 0 saturated carbocycles. The first-order chi connectivity index (χ1) is 17.5. The molecule has 4 rings (SSSR count). The quantitative estimate of drug-likeness (QED) is 0.344. The van der Waals surface area contributed by atoms with Crippen LogP contribution in [-0.4, -0.2) is 58.9 Å². The highest BCUT2D eigenvalue weighted by Crippen LogP contribution is 2.49. The summed E-state index contributed by atoms with van der Waals surface area (Å²) in [6.07, 6.45) is -5.08. The molecule has 2 unspecified atom stereocenters. The maximum atomic E-state index is 15.3. The monoisotopic (exact) mass is 544 g/mol. The molecule has 3 heterocycles. The third kappa shape index (κ3) is 5.96. The third-order valence-electron chi connectivity index (χ3n) is 5.37. The summed E-state index contributed by atoms with van der Waals surface area (Å²) in [4.78, 5) is 39.1. The Balaban J connectivity index is 1.59. The number of cyclic esters (lactones) is 1. The fourth-order valence-corrected chi connectivity index (χ4v) is 5.26. The number of anilines is 1. The maximum Gasteiger partial charge on any atom is 0.459 e. The van der Waals surface area contributed by atoms with Crippen LogP contribution in [0.3, 0.4) is 0 Å². The van der Waals surface area contributed by atoms with Gasteiger partial charge in [0.1, 0.15) is 23.7 Å². The Hall–Kier alpha value is -3.39. The summed E-state index contributed by atoms with van der Waals surface area (Å²) in [7, 11) is -4.40. The predicted octanol–water partition coefficient (Wildman–Crippen LogP) is 1.40. The number of carbonyl (C=O) groups excluding carboxylic acids is 2. The molecule has 2 aromatic rings. The first-order valence-electron chi connectivity index (χ1n) is 11.0. The van der Waals surface area contributed by atoms with Crippen LogP contribution in [0.2, 0.25) is 0 Å². The highest BCUT2D eigenvalue weighted by atomic mass is 31.2. The zero-order valence-electron chi connectivity index (χ0n) is 19.3. The van der Waals surface area contributed by atoms with Crippen LogP contribution in [0.1, 0.15) is 19.6 Å². The number of hydrogen-bond acceptors (Lipinski definition) is 11. The fraction of sp³-hybridized carbons (Fsp3) is 0.429. The average Bonchev–Trinajstić information content (AvgIpc) is 3.33. The van der Waals surface area contributed by atoms with Crippen molar-refractivity contribution in [2.24, 2.45) is 0 Å². The zero-order valence-corrected chi connectivity index (χ0v) is 20.2. The van der Waals surface area contributed by atoms with E-state index in [0.717, 1.165) is 19.2 Å². The van der Waals surface area contributed by atoms with Crippen molar-refractivity contribution in [1.82, 2.24) is 14.6 Å². The predicted molar refractivity (Wildman–Crippen MR) is 120 cm³/mol. The summed E-state index contributed by atoms with van der Waals surface area (Å²) >= 11 is 0. The second kappa shape index (κ2) is 10.5. The molecule has 16 heteroatoms. The minimum atomic E-state index is -4.40. The largest absolute Gasteiger partial charge is 0.464 e. The zero-order chi connectivity index (χ0) is 26.8. The molecule has 200 valence electrons. The Labute approximate surface area is 208 Å². The second-order valence-corrected chi connectivity index (χ2v) is 9.80. The summed E-state index contributed by atoms with van der Waals surface area (Å²) in [5.41, 5.74) is 4.29. The smallest absolute Gasteiger partial charge is 0.459 e. The highest BCUT2D eigenvalue weighted by molar-refractivity contribution is 7.52. The van der Waals surface area contributed by atoms with Crippen LogP contribution in [-0.2, 0) is 32.9 Å². The van der Waals surface area contributed by atoms with Gasteiger partial charge in [0.05, 0.1) is 13.2 Å². The van der Waals surface area contributed by atoms with E-state index in [2.05, 4.69) is 10.1 Å². The number of nitrogen functional groups attached to an aromatic ring is 1. The van der Waals surface area contributed by atoms with Gasteiger partial charge in [0.15, 0.2) is 6.10 Å². The van der Waals surface area contributed by atoms with E-state index in [0.29, 0.717) is 4.57 Å². The number of halogens is 2. The second-order valence-electron chi connectivity index (χ2n) is 8.11. The molecule has 13 nitrogen and oxygen atoms in total. The maximum absolute atomic E-state index is 15.3. The van der Waals surface area contributed by atoms with Gasteiger partial charge in [0.25, 0.3) is 0 Å². The minimum Gasteiger partial charge on any atom is -0.464 e. The SMILES string of the molecule is CC(=O)O[C@@H]1C(COP(=O)(N[C@H]2CCOC2=O)Oc2ccccc2)O[C@@H](n2ccc(N)nc2=O)C1(F)F. The van der Waals surface area contributed by atoms with Gasteiger partial charge < -0.3 is 24.5 Å². The van der Waals surface area contributed by atoms with Crippen LogP contribution in [0.5, 0.6) is 5.75 Å². The van der Waals surface area contributed by atoms with E-state index in [9.17, 15) is 18.9 Å². The Morgan fingerprint density at radius 3 is 2.65 bits per heavy atom. The summed E-state index contributed by atoms with van der Waals surface area (Å²) in [5, 5.41) is 2.46. The molecule has 0 bridgehead atoms. The van der Waals surface area contributed by atoms with Crippen molar-refractivity contribution in [2.75, 3.05) is 18.9 Å². The van der Waals surface area contributed by atoms with E-state index in [1.54, 1.807) is 18.2 Å². The molecule has 1 aromatic carbocycles. The first-order valence-corrected chi connectivity index (χ1v) is 12.5. The molecule has 3 N–H and O–H groups in total. The Morgan fingerprint density at radius 2 is 2.03 bits per heavy atom. The number of rotatable bonds is 9. The van der Waals surface area contributed by atoms with Gasteiger partial charge in [-0.05, 0) is 18.2 Å². The number of ether oxygens (including phenoxy) is 3. The molecule has 2 aliphatic heterocycles. The van der Waals surface area contributed by atoms with E-state index in [4.69, 9.17) is 29.0 Å². The Kier molecular flexibility index (Phi) is 7.59. The van der Waals surface area contributed by atoms with E-state index < -0.39 is 62.4 Å². The number of carbonyl (C=O) groups is 2. The molecular formula is C21H23F2N4O9P. The van der Waals surface area contributed by atoms with Crippen molar-refractivity contribution in [1.29, 1.82) is 0 Å². The van der Waals surface area contributed by atoms with Crippen LogP contribution in [0.25, 0.3) is 0 Å². The van der Waals surface area contributed by atoms with Crippen molar-refractivity contribution in [3.63, 3.8) is 0 Å². The van der Waals surface area contributed by atoms with Crippen molar-refractivity contribution >= 4 is 25.5 Å². The van der Waals surface area contributed by atoms with E-state index in [1.807, 2.05) is 0 Å². The van der Waals surface area contributed by atoms with Crippen LogP contribution < -0.4 is 21.0 Å². The van der Waals surface area contributed by atoms with E-state index in [-0.39, 0.29) is 24.6 Å². The van der Waals surface area contributed by atoms with Crippen molar-refractivity contribution < 1.29 is 46.2 Å². The number of esters is 2. The molecule has 2 saturated heterocycles. The standard InChI is InChI=1S/C21H23F2N4O9P/c1-12(28)34-17-15(35-19(21(17,22)23)27-9-7-16(24)25-20(27)30)11-33-37(31,26-14-8-10-32-18(14)29)36-13-5-3-2-4-6-13/h2-7,9,14-15,17,19H,8,10-11H2,1H3,(H,26,31)(H2,24,25,30)/t14-,15?,17+,19+,37?/m0/s1. The van der Waals surface area contributed by atoms with Gasteiger partial charge in [0.2, 0.25) is 6.23 Å². The molecule has 0 amide bonds. The lowest BCUT2D eigenvalue weighted by atomic mass is 10.1. The highest BCUT2D eigenvalue weighted by Gasteiger charge is 2.62. The number of hydrogen-bond donors (Lipinski definition) is 2. The number of benzene rings is 1. The first kappa shape index (κ1) is 26.7. The molecule has 1 aromatic heterocycles. The van der Waals surface area contributed by atoms with Gasteiger partial charge >= 0.3 is 31.3 Å². The lowest BCUT2D eigenvalue weighted by molar-refractivity contribution is -0.174. The molecule has 2 fully saturated rings. The molecule has 0 radical (unpaired) electrons. The van der Waals surface area contributed by atoms with E-state index in [1.165, 1.54) is 12.1 Å². The summed E-state index contributed by atoms with van der Waals surface area (Å²) in [6.45, 7) is 0.134. The number of para-hydroxylation sites is 1. The minimum absolute atomic E-state index is 0.0698. The van der Waals surface area contributed by atoms with Gasteiger partial charge in [0, 0.05) is 19.5 Å². The number of nitrogens with zero attached hydrogens (tertiary/aromatic N) is 2. The lowest BCUT2D eigenvalue weighted by Gasteiger charge is -2.25. The van der Waals surface area contributed by atoms with Crippen molar-refractivity contribution in [3.8, 4) is 5.75 Å². The molecule has 2 aliphatic rings. The summed E-state index contributed by atoms with van der Waals surface area (Å²) in [5.74, 6) is -5.80.